The SMILES string of the molecule is COCCCNc1nc(C)c(N=Nc2cccc(C(=O)N(C)C)c2)c(NCCCOC)n1. The summed E-state index contributed by atoms with van der Waals surface area (Å²) in [5.74, 6) is 1.02. The highest BCUT2D eigenvalue weighted by atomic mass is 16.5. The van der Waals surface area contributed by atoms with E-state index in [-0.39, 0.29) is 5.91 Å². The molecule has 32 heavy (non-hydrogen) atoms. The van der Waals surface area contributed by atoms with Gasteiger partial charge in [-0.2, -0.15) is 10.1 Å². The molecule has 0 aliphatic carbocycles. The van der Waals surface area contributed by atoms with Crippen molar-refractivity contribution >= 4 is 29.0 Å². The lowest BCUT2D eigenvalue weighted by Crippen LogP contribution is -2.21. The van der Waals surface area contributed by atoms with Crippen LogP contribution in [0.3, 0.4) is 0 Å². The summed E-state index contributed by atoms with van der Waals surface area (Å²) in [6.07, 6.45) is 1.67. The maximum absolute atomic E-state index is 12.2. The molecule has 2 N–H and O–H groups in total. The summed E-state index contributed by atoms with van der Waals surface area (Å²) >= 11 is 0. The molecule has 0 atom stereocenters. The van der Waals surface area contributed by atoms with Gasteiger partial charge in [0.15, 0.2) is 5.82 Å². The Morgan fingerprint density at radius 2 is 1.72 bits per heavy atom. The van der Waals surface area contributed by atoms with Gasteiger partial charge in [-0.1, -0.05) is 6.07 Å². The van der Waals surface area contributed by atoms with Crippen molar-refractivity contribution in [3.8, 4) is 0 Å². The molecule has 0 spiro atoms. The number of carbonyl (C=O) groups is 1. The van der Waals surface area contributed by atoms with Crippen LogP contribution in [0.15, 0.2) is 34.5 Å². The summed E-state index contributed by atoms with van der Waals surface area (Å²) in [5, 5.41) is 15.3. The van der Waals surface area contributed by atoms with Gasteiger partial charge in [0.1, 0.15) is 5.69 Å². The van der Waals surface area contributed by atoms with Gasteiger partial charge in [-0.25, -0.2) is 4.98 Å². The first kappa shape index (κ1) is 25.2. The summed E-state index contributed by atoms with van der Waals surface area (Å²) in [4.78, 5) is 22.8. The second-order valence-corrected chi connectivity index (χ2v) is 7.33. The molecule has 174 valence electrons. The summed E-state index contributed by atoms with van der Waals surface area (Å²) < 4.78 is 10.2. The van der Waals surface area contributed by atoms with Crippen molar-refractivity contribution in [1.82, 2.24) is 14.9 Å². The number of nitrogens with one attached hydrogen (secondary N) is 2. The van der Waals surface area contributed by atoms with Crippen LogP contribution in [0.2, 0.25) is 0 Å². The van der Waals surface area contributed by atoms with Crippen LogP contribution in [-0.4, -0.2) is 75.4 Å². The molecule has 0 radical (unpaired) electrons. The van der Waals surface area contributed by atoms with Gasteiger partial charge in [-0.3, -0.25) is 4.79 Å². The number of benzene rings is 1. The number of amides is 1. The van der Waals surface area contributed by atoms with Gasteiger partial charge in [0.05, 0.1) is 11.4 Å². The fourth-order valence-electron chi connectivity index (χ4n) is 2.80. The van der Waals surface area contributed by atoms with Gasteiger partial charge in [-0.15, -0.1) is 5.11 Å². The maximum Gasteiger partial charge on any atom is 0.253 e. The summed E-state index contributed by atoms with van der Waals surface area (Å²) in [6.45, 7) is 4.54. The number of rotatable bonds is 13. The summed E-state index contributed by atoms with van der Waals surface area (Å²) in [7, 11) is 6.77. The second-order valence-electron chi connectivity index (χ2n) is 7.33. The number of aromatic nitrogens is 2. The third-order valence-corrected chi connectivity index (χ3v) is 4.45. The smallest absolute Gasteiger partial charge is 0.253 e. The highest BCUT2D eigenvalue weighted by Crippen LogP contribution is 2.29. The fraction of sp³-hybridized carbons (Fsp3) is 0.500. The predicted octanol–water partition coefficient (Wildman–Crippen LogP) is 3.80. The van der Waals surface area contributed by atoms with E-state index in [4.69, 9.17) is 9.47 Å². The maximum atomic E-state index is 12.2. The Bertz CT molecular complexity index is 903. The van der Waals surface area contributed by atoms with Crippen molar-refractivity contribution in [3.63, 3.8) is 0 Å². The van der Waals surface area contributed by atoms with Gasteiger partial charge in [-0.05, 0) is 38.0 Å². The molecule has 1 aromatic carbocycles. The number of nitrogens with zero attached hydrogens (tertiary/aromatic N) is 5. The quantitative estimate of drug-likeness (QED) is 0.357. The molecular weight excluding hydrogens is 410 g/mol. The molecule has 0 saturated heterocycles. The van der Waals surface area contributed by atoms with Gasteiger partial charge < -0.3 is 25.0 Å². The van der Waals surface area contributed by atoms with E-state index in [9.17, 15) is 4.79 Å². The van der Waals surface area contributed by atoms with Gasteiger partial charge >= 0.3 is 0 Å². The van der Waals surface area contributed by atoms with Crippen molar-refractivity contribution in [2.75, 3.05) is 65.3 Å². The molecule has 0 saturated carbocycles. The van der Waals surface area contributed by atoms with Crippen LogP contribution in [0.5, 0.6) is 0 Å². The minimum Gasteiger partial charge on any atom is -0.385 e. The monoisotopic (exact) mass is 443 g/mol. The number of hydrogen-bond acceptors (Lipinski definition) is 9. The zero-order valence-corrected chi connectivity index (χ0v) is 19.5. The van der Waals surface area contributed by atoms with Crippen LogP contribution in [0.4, 0.5) is 23.1 Å². The standard InChI is InChI=1S/C22H33N7O3/c1-16-19(28-27-18-10-6-9-17(15-18)21(30)29(2)3)20(23-11-7-13-31-4)26-22(25-16)24-12-8-14-32-5/h6,9-10,15H,7-8,11-14H2,1-5H3,(H2,23,24,25,26). The third kappa shape index (κ3) is 7.86. The molecule has 1 amide bonds. The Hall–Kier alpha value is -3.11. The molecule has 0 unspecified atom stereocenters. The molecule has 0 bridgehead atoms. The molecule has 2 aromatic rings. The second kappa shape index (κ2) is 13.3. The van der Waals surface area contributed by atoms with Crippen molar-refractivity contribution in [2.45, 2.75) is 19.8 Å². The Morgan fingerprint density at radius 1 is 1.03 bits per heavy atom. The first-order chi connectivity index (χ1) is 15.5. The molecule has 1 heterocycles. The van der Waals surface area contributed by atoms with Crippen LogP contribution < -0.4 is 10.6 Å². The Morgan fingerprint density at radius 3 is 2.38 bits per heavy atom. The average molecular weight is 444 g/mol. The van der Waals surface area contributed by atoms with E-state index in [0.29, 0.717) is 60.7 Å². The first-order valence-electron chi connectivity index (χ1n) is 10.5. The third-order valence-electron chi connectivity index (χ3n) is 4.45. The van der Waals surface area contributed by atoms with Crippen LogP contribution in [0.25, 0.3) is 0 Å². The number of carbonyl (C=O) groups excluding carboxylic acids is 1. The normalized spacial score (nSPS) is 11.0. The molecule has 2 rings (SSSR count). The van der Waals surface area contributed by atoms with Crippen molar-refractivity contribution in [1.29, 1.82) is 0 Å². The summed E-state index contributed by atoms with van der Waals surface area (Å²) in [6, 6.07) is 7.04. The average Bonchev–Trinajstić information content (AvgIpc) is 2.78. The van der Waals surface area contributed by atoms with E-state index in [1.165, 1.54) is 4.90 Å². The van der Waals surface area contributed by atoms with Crippen LogP contribution in [0.1, 0.15) is 28.9 Å². The Balaban J connectivity index is 2.25. The molecule has 0 fully saturated rings. The minimum absolute atomic E-state index is 0.0917. The lowest BCUT2D eigenvalue weighted by molar-refractivity contribution is 0.0827. The van der Waals surface area contributed by atoms with Crippen LogP contribution in [0, 0.1) is 6.92 Å². The van der Waals surface area contributed by atoms with Gasteiger partial charge in [0.25, 0.3) is 5.91 Å². The highest BCUT2D eigenvalue weighted by Gasteiger charge is 2.12. The van der Waals surface area contributed by atoms with Crippen LogP contribution >= 0.6 is 0 Å². The van der Waals surface area contributed by atoms with Crippen molar-refractivity contribution in [3.05, 3.63) is 35.5 Å². The van der Waals surface area contributed by atoms with Crippen LogP contribution in [-0.2, 0) is 9.47 Å². The zero-order chi connectivity index (χ0) is 23.3. The molecule has 10 nitrogen and oxygen atoms in total. The Labute approximate surface area is 189 Å². The number of anilines is 2. The molecular formula is C22H33N7O3. The molecule has 1 aromatic heterocycles. The molecule has 0 aliphatic rings. The van der Waals surface area contributed by atoms with E-state index in [1.807, 2.05) is 6.92 Å². The van der Waals surface area contributed by atoms with E-state index in [2.05, 4.69) is 30.8 Å². The number of hydrogen-bond donors (Lipinski definition) is 2. The van der Waals surface area contributed by atoms with E-state index < -0.39 is 0 Å². The fourth-order valence-corrected chi connectivity index (χ4v) is 2.80. The molecule has 10 heteroatoms. The predicted molar refractivity (Wildman–Crippen MR) is 125 cm³/mol. The largest absolute Gasteiger partial charge is 0.385 e. The van der Waals surface area contributed by atoms with E-state index >= 15 is 0 Å². The highest BCUT2D eigenvalue weighted by molar-refractivity contribution is 5.94. The first-order valence-corrected chi connectivity index (χ1v) is 10.5. The lowest BCUT2D eigenvalue weighted by atomic mass is 10.2. The van der Waals surface area contributed by atoms with Gasteiger partial charge in [0, 0.05) is 60.2 Å². The summed E-state index contributed by atoms with van der Waals surface area (Å²) in [5.41, 5.74) is 2.36. The van der Waals surface area contributed by atoms with Gasteiger partial charge in [0.2, 0.25) is 5.95 Å². The Kier molecular flexibility index (Phi) is 10.5. The topological polar surface area (TPSA) is 113 Å². The van der Waals surface area contributed by atoms with E-state index in [1.54, 1.807) is 52.6 Å². The number of methoxy groups -OCH3 is 2. The number of azo groups is 1. The van der Waals surface area contributed by atoms with Crippen molar-refractivity contribution in [2.24, 2.45) is 10.2 Å². The number of ether oxygens (including phenoxy) is 2. The minimum atomic E-state index is -0.0917. The zero-order valence-electron chi connectivity index (χ0n) is 19.5. The number of aryl methyl sites for hydroxylation is 1. The van der Waals surface area contributed by atoms with Crippen molar-refractivity contribution < 1.29 is 14.3 Å². The molecule has 0 aliphatic heterocycles. The van der Waals surface area contributed by atoms with E-state index in [0.717, 1.165) is 12.8 Å². The lowest BCUT2D eigenvalue weighted by Gasteiger charge is -2.13.